The molecule has 27 heavy (non-hydrogen) atoms. The molecule has 0 aliphatic heterocycles. The standard InChI is InChI=1S/C21H29N3O3/c25-17-12-10-16(11-13-17)22-20(26)24-19-9-5-4-8-18(19)23(21(24)27)14-15-6-2-1-3-7-15/h4-5,8-9,15-17,25H,1-3,6-7,10-14H2,(H,22,26)/t16-,17-. The van der Waals surface area contributed by atoms with Gasteiger partial charge in [0.2, 0.25) is 0 Å². The largest absolute Gasteiger partial charge is 0.393 e. The Morgan fingerprint density at radius 1 is 1.00 bits per heavy atom. The molecule has 2 aromatic rings. The first-order valence-corrected chi connectivity index (χ1v) is 10.3. The van der Waals surface area contributed by atoms with Crippen molar-refractivity contribution < 1.29 is 9.90 Å². The molecule has 6 heteroatoms. The third-order valence-corrected chi connectivity index (χ3v) is 6.23. The Bertz CT molecular complexity index is 855. The van der Waals surface area contributed by atoms with Gasteiger partial charge in [-0.05, 0) is 56.6 Å². The Hall–Kier alpha value is -2.08. The number of benzene rings is 1. The lowest BCUT2D eigenvalue weighted by Gasteiger charge is -2.26. The SMILES string of the molecule is O=C(N[C@H]1CC[C@H](O)CC1)n1c(=O)n(CC2CCCCC2)c2ccccc21. The van der Waals surface area contributed by atoms with E-state index in [0.717, 1.165) is 31.2 Å². The molecule has 2 saturated carbocycles. The summed E-state index contributed by atoms with van der Waals surface area (Å²) in [7, 11) is 0. The average molecular weight is 371 g/mol. The van der Waals surface area contributed by atoms with Crippen LogP contribution in [-0.4, -0.2) is 32.4 Å². The quantitative estimate of drug-likeness (QED) is 0.870. The molecule has 0 saturated heterocycles. The zero-order valence-corrected chi connectivity index (χ0v) is 15.8. The Labute approximate surface area is 159 Å². The maximum Gasteiger partial charge on any atom is 0.337 e. The van der Waals surface area contributed by atoms with Gasteiger partial charge in [-0.15, -0.1) is 0 Å². The molecule has 1 aromatic heterocycles. The van der Waals surface area contributed by atoms with Crippen LogP contribution in [0, 0.1) is 5.92 Å². The van der Waals surface area contributed by atoms with Crippen LogP contribution in [-0.2, 0) is 6.54 Å². The van der Waals surface area contributed by atoms with Crippen molar-refractivity contribution in [3.05, 3.63) is 34.7 Å². The monoisotopic (exact) mass is 371 g/mol. The fourth-order valence-corrected chi connectivity index (χ4v) is 4.67. The summed E-state index contributed by atoms with van der Waals surface area (Å²) < 4.78 is 3.08. The zero-order valence-electron chi connectivity index (χ0n) is 15.8. The number of aromatic nitrogens is 2. The van der Waals surface area contributed by atoms with Crippen molar-refractivity contribution >= 4 is 17.1 Å². The minimum atomic E-state index is -0.347. The molecule has 1 amide bonds. The summed E-state index contributed by atoms with van der Waals surface area (Å²) >= 11 is 0. The number of fused-ring (bicyclic) bond motifs is 1. The van der Waals surface area contributed by atoms with E-state index in [-0.39, 0.29) is 23.9 Å². The van der Waals surface area contributed by atoms with Crippen LogP contribution in [0.25, 0.3) is 11.0 Å². The first-order chi connectivity index (χ1) is 13.1. The third kappa shape index (κ3) is 3.81. The summed E-state index contributed by atoms with van der Waals surface area (Å²) in [4.78, 5) is 26.0. The van der Waals surface area contributed by atoms with Crippen LogP contribution in [0.3, 0.4) is 0 Å². The smallest absolute Gasteiger partial charge is 0.337 e. The molecule has 2 aliphatic carbocycles. The van der Waals surface area contributed by atoms with Gasteiger partial charge in [0.1, 0.15) is 0 Å². The number of carbonyl (C=O) groups excluding carboxylic acids is 1. The highest BCUT2D eigenvalue weighted by Crippen LogP contribution is 2.26. The van der Waals surface area contributed by atoms with Crippen molar-refractivity contribution in [2.45, 2.75) is 76.5 Å². The van der Waals surface area contributed by atoms with Crippen LogP contribution in [0.2, 0.25) is 0 Å². The fourth-order valence-electron chi connectivity index (χ4n) is 4.67. The van der Waals surface area contributed by atoms with E-state index < -0.39 is 0 Å². The molecule has 0 radical (unpaired) electrons. The van der Waals surface area contributed by atoms with Gasteiger partial charge in [0, 0.05) is 12.6 Å². The van der Waals surface area contributed by atoms with Gasteiger partial charge in [0.05, 0.1) is 17.1 Å². The number of carbonyl (C=O) groups is 1. The van der Waals surface area contributed by atoms with Crippen molar-refractivity contribution in [3.8, 4) is 0 Å². The molecular weight excluding hydrogens is 342 g/mol. The van der Waals surface area contributed by atoms with Gasteiger partial charge in [0.15, 0.2) is 0 Å². The summed E-state index contributed by atoms with van der Waals surface area (Å²) in [6.45, 7) is 0.690. The van der Waals surface area contributed by atoms with E-state index in [4.69, 9.17) is 0 Å². The minimum absolute atomic E-state index is 0.0215. The maximum atomic E-state index is 13.1. The van der Waals surface area contributed by atoms with Crippen LogP contribution in [0.5, 0.6) is 0 Å². The van der Waals surface area contributed by atoms with Crippen LogP contribution >= 0.6 is 0 Å². The molecule has 1 heterocycles. The Morgan fingerprint density at radius 2 is 1.67 bits per heavy atom. The number of nitrogens with one attached hydrogen (secondary N) is 1. The first-order valence-electron chi connectivity index (χ1n) is 10.3. The number of para-hydroxylation sites is 2. The van der Waals surface area contributed by atoms with Crippen LogP contribution < -0.4 is 11.0 Å². The van der Waals surface area contributed by atoms with E-state index in [1.807, 2.05) is 24.3 Å². The molecule has 0 bridgehead atoms. The van der Waals surface area contributed by atoms with E-state index in [0.29, 0.717) is 30.8 Å². The van der Waals surface area contributed by atoms with Crippen LogP contribution in [0.4, 0.5) is 4.79 Å². The number of rotatable bonds is 3. The van der Waals surface area contributed by atoms with Crippen molar-refractivity contribution in [1.29, 1.82) is 0 Å². The summed E-state index contributed by atoms with van der Waals surface area (Å²) in [5.74, 6) is 0.513. The number of nitrogens with zero attached hydrogens (tertiary/aromatic N) is 2. The molecule has 0 unspecified atom stereocenters. The van der Waals surface area contributed by atoms with Crippen molar-refractivity contribution in [3.63, 3.8) is 0 Å². The number of hydrogen-bond donors (Lipinski definition) is 2. The van der Waals surface area contributed by atoms with Gasteiger partial charge in [-0.3, -0.25) is 4.57 Å². The number of hydrogen-bond acceptors (Lipinski definition) is 3. The van der Waals surface area contributed by atoms with Gasteiger partial charge < -0.3 is 10.4 Å². The number of aliphatic hydroxyl groups excluding tert-OH is 1. The highest BCUT2D eigenvalue weighted by atomic mass is 16.3. The lowest BCUT2D eigenvalue weighted by Crippen LogP contribution is -2.44. The van der Waals surface area contributed by atoms with E-state index in [1.54, 1.807) is 4.57 Å². The second-order valence-corrected chi connectivity index (χ2v) is 8.18. The molecule has 6 nitrogen and oxygen atoms in total. The lowest BCUT2D eigenvalue weighted by molar-refractivity contribution is 0.118. The highest BCUT2D eigenvalue weighted by Gasteiger charge is 2.25. The summed E-state index contributed by atoms with van der Waals surface area (Å²) in [5.41, 5.74) is 1.27. The van der Waals surface area contributed by atoms with Crippen molar-refractivity contribution in [2.24, 2.45) is 5.92 Å². The van der Waals surface area contributed by atoms with Gasteiger partial charge >= 0.3 is 11.7 Å². The second-order valence-electron chi connectivity index (χ2n) is 8.18. The van der Waals surface area contributed by atoms with Gasteiger partial charge in [0.25, 0.3) is 0 Å². The van der Waals surface area contributed by atoms with Crippen LogP contribution in [0.15, 0.2) is 29.1 Å². The zero-order chi connectivity index (χ0) is 18.8. The molecule has 4 rings (SSSR count). The predicted molar refractivity (Wildman–Crippen MR) is 105 cm³/mol. The number of aliphatic hydroxyl groups is 1. The maximum absolute atomic E-state index is 13.1. The molecule has 2 aliphatic rings. The minimum Gasteiger partial charge on any atom is -0.393 e. The predicted octanol–water partition coefficient (Wildman–Crippen LogP) is 3.24. The van der Waals surface area contributed by atoms with E-state index in [2.05, 4.69) is 5.32 Å². The van der Waals surface area contributed by atoms with E-state index in [1.165, 1.54) is 23.8 Å². The fraction of sp³-hybridized carbons (Fsp3) is 0.619. The topological polar surface area (TPSA) is 76.3 Å². The molecule has 0 atom stereocenters. The lowest BCUT2D eigenvalue weighted by atomic mass is 9.89. The van der Waals surface area contributed by atoms with Gasteiger partial charge in [-0.2, -0.15) is 0 Å². The molecule has 146 valence electrons. The second kappa shape index (κ2) is 7.89. The van der Waals surface area contributed by atoms with Crippen molar-refractivity contribution in [1.82, 2.24) is 14.5 Å². The summed E-state index contributed by atoms with van der Waals surface area (Å²) in [5, 5.41) is 12.7. The number of imidazole rings is 1. The number of amides is 1. The van der Waals surface area contributed by atoms with Crippen molar-refractivity contribution in [2.75, 3.05) is 0 Å². The Kier molecular flexibility index (Phi) is 5.34. The first kappa shape index (κ1) is 18.3. The molecule has 1 aromatic carbocycles. The third-order valence-electron chi connectivity index (χ3n) is 6.23. The summed E-state index contributed by atoms with van der Waals surface area (Å²) in [6.07, 6.45) is 8.69. The molecule has 2 N–H and O–H groups in total. The van der Waals surface area contributed by atoms with Gasteiger partial charge in [-0.1, -0.05) is 31.4 Å². The average Bonchev–Trinajstić information content (AvgIpc) is 2.96. The van der Waals surface area contributed by atoms with E-state index in [9.17, 15) is 14.7 Å². The van der Waals surface area contributed by atoms with Crippen LogP contribution in [0.1, 0.15) is 57.8 Å². The Morgan fingerprint density at radius 3 is 2.37 bits per heavy atom. The van der Waals surface area contributed by atoms with Gasteiger partial charge in [-0.25, -0.2) is 14.2 Å². The molecule has 2 fully saturated rings. The van der Waals surface area contributed by atoms with E-state index >= 15 is 0 Å². The summed E-state index contributed by atoms with van der Waals surface area (Å²) in [6, 6.07) is 7.24. The normalized spacial score (nSPS) is 24.2. The molecule has 0 spiro atoms. The Balaban J connectivity index is 1.61. The molecular formula is C21H29N3O3. The highest BCUT2D eigenvalue weighted by molar-refractivity contribution is 5.89.